The highest BCUT2D eigenvalue weighted by molar-refractivity contribution is 7.89. The number of benzene rings is 1. The van der Waals surface area contributed by atoms with E-state index in [1.165, 1.54) is 11.3 Å². The third-order valence-corrected chi connectivity index (χ3v) is 6.06. The molecule has 8 nitrogen and oxygen atoms in total. The van der Waals surface area contributed by atoms with Gasteiger partial charge in [-0.1, -0.05) is 0 Å². The molecule has 2 aromatic rings. The summed E-state index contributed by atoms with van der Waals surface area (Å²) in [6, 6.07) is 9.25. The van der Waals surface area contributed by atoms with Crippen molar-refractivity contribution in [2.24, 2.45) is 5.92 Å². The maximum absolute atomic E-state index is 12.3. The Bertz CT molecular complexity index is 1020. The molecular weight excluding hydrogens is 412 g/mol. The van der Waals surface area contributed by atoms with Gasteiger partial charge in [0.2, 0.25) is 10.0 Å². The molecule has 1 fully saturated rings. The van der Waals surface area contributed by atoms with Gasteiger partial charge in [0.15, 0.2) is 5.13 Å². The van der Waals surface area contributed by atoms with Crippen LogP contribution in [0.15, 0.2) is 24.3 Å². The van der Waals surface area contributed by atoms with Crippen LogP contribution in [0.2, 0.25) is 0 Å². The zero-order valence-electron chi connectivity index (χ0n) is 16.2. The largest absolute Gasteiger partial charge is 0.381 e. The molecule has 1 aromatic heterocycles. The van der Waals surface area contributed by atoms with Crippen LogP contribution in [0.1, 0.15) is 33.8 Å². The third-order valence-electron chi connectivity index (χ3n) is 4.51. The number of hydrogen-bond donors (Lipinski definition) is 1. The average Bonchev–Trinajstić information content (AvgIpc) is 3.07. The molecular formula is C19H22N4O4S2. The number of carbonyl (C=O) groups excluding carboxylic acids is 1. The molecule has 1 aliphatic rings. The zero-order chi connectivity index (χ0) is 21.0. The Morgan fingerprint density at radius 3 is 2.72 bits per heavy atom. The Balaban J connectivity index is 1.93. The number of nitriles is 1. The van der Waals surface area contributed by atoms with E-state index in [4.69, 9.17) is 10.00 Å². The summed E-state index contributed by atoms with van der Waals surface area (Å²) in [5, 5.41) is 9.65. The maximum atomic E-state index is 12.3. The van der Waals surface area contributed by atoms with Crippen molar-refractivity contribution in [3.8, 4) is 6.07 Å². The summed E-state index contributed by atoms with van der Waals surface area (Å²) in [4.78, 5) is 19.4. The Morgan fingerprint density at radius 1 is 1.41 bits per heavy atom. The maximum Gasteiger partial charge on any atom is 0.284 e. The van der Waals surface area contributed by atoms with Crippen molar-refractivity contribution >= 4 is 38.1 Å². The lowest BCUT2D eigenvalue weighted by Crippen LogP contribution is -2.31. The summed E-state index contributed by atoms with van der Waals surface area (Å²) in [5.41, 5.74) is 1.49. The molecule has 0 saturated carbocycles. The van der Waals surface area contributed by atoms with Crippen LogP contribution in [0.5, 0.6) is 0 Å². The van der Waals surface area contributed by atoms with E-state index in [-0.39, 0.29) is 5.69 Å². The van der Waals surface area contributed by atoms with E-state index in [0.29, 0.717) is 34.6 Å². The van der Waals surface area contributed by atoms with E-state index in [0.717, 1.165) is 31.4 Å². The molecule has 1 N–H and O–H groups in total. The van der Waals surface area contributed by atoms with Crippen LogP contribution < -0.4 is 9.62 Å². The number of amides is 1. The van der Waals surface area contributed by atoms with Crippen LogP contribution in [0.3, 0.4) is 0 Å². The lowest BCUT2D eigenvalue weighted by Gasteiger charge is -2.29. The number of sulfonamides is 1. The molecule has 1 unspecified atom stereocenters. The van der Waals surface area contributed by atoms with Crippen LogP contribution in [-0.4, -0.2) is 45.3 Å². The number of aryl methyl sites for hydroxylation is 1. The summed E-state index contributed by atoms with van der Waals surface area (Å²) in [6.07, 6.45) is 2.95. The van der Waals surface area contributed by atoms with Gasteiger partial charge >= 0.3 is 0 Å². The molecule has 10 heteroatoms. The highest BCUT2D eigenvalue weighted by Gasteiger charge is 2.25. The Kier molecular flexibility index (Phi) is 6.52. The number of rotatable bonds is 6. The van der Waals surface area contributed by atoms with Gasteiger partial charge in [-0.05, 0) is 44.0 Å². The van der Waals surface area contributed by atoms with Gasteiger partial charge in [0.05, 0.1) is 24.5 Å². The molecule has 29 heavy (non-hydrogen) atoms. The topological polar surface area (TPSA) is 112 Å². The molecule has 0 bridgehead atoms. The van der Waals surface area contributed by atoms with E-state index in [1.54, 1.807) is 19.1 Å². The van der Waals surface area contributed by atoms with Crippen LogP contribution in [0.4, 0.5) is 10.8 Å². The van der Waals surface area contributed by atoms with Crippen LogP contribution in [0, 0.1) is 24.2 Å². The van der Waals surface area contributed by atoms with E-state index < -0.39 is 15.9 Å². The summed E-state index contributed by atoms with van der Waals surface area (Å²) in [6.45, 7) is 3.79. The summed E-state index contributed by atoms with van der Waals surface area (Å²) >= 11 is 1.32. The Labute approximate surface area is 174 Å². The number of anilines is 2. The molecule has 3 rings (SSSR count). The smallest absolute Gasteiger partial charge is 0.284 e. The SMILES string of the molecule is Cc1sc(N(CC2CCCOC2)c2ccc(C#N)cc2)nc1C(=O)NS(C)(=O)=O. The van der Waals surface area contributed by atoms with E-state index in [1.807, 2.05) is 21.8 Å². The molecule has 0 aliphatic carbocycles. The number of thiazole rings is 1. The summed E-state index contributed by atoms with van der Waals surface area (Å²) in [7, 11) is -3.68. The molecule has 0 radical (unpaired) electrons. The first kappa shape index (κ1) is 21.2. The lowest BCUT2D eigenvalue weighted by molar-refractivity contribution is 0.0580. The van der Waals surface area contributed by atoms with Crippen LogP contribution >= 0.6 is 11.3 Å². The second-order valence-electron chi connectivity index (χ2n) is 6.96. The average molecular weight is 435 g/mol. The van der Waals surface area contributed by atoms with Crippen molar-refractivity contribution in [2.75, 3.05) is 30.9 Å². The quantitative estimate of drug-likeness (QED) is 0.743. The number of hydrogen-bond acceptors (Lipinski definition) is 8. The first-order chi connectivity index (χ1) is 13.8. The highest BCUT2D eigenvalue weighted by Crippen LogP contribution is 2.33. The third kappa shape index (κ3) is 5.53. The van der Waals surface area contributed by atoms with Crippen molar-refractivity contribution in [1.29, 1.82) is 5.26 Å². The van der Waals surface area contributed by atoms with Crippen molar-refractivity contribution in [2.45, 2.75) is 19.8 Å². The van der Waals surface area contributed by atoms with Gasteiger partial charge in [-0.2, -0.15) is 5.26 Å². The minimum Gasteiger partial charge on any atom is -0.381 e. The van der Waals surface area contributed by atoms with E-state index >= 15 is 0 Å². The van der Waals surface area contributed by atoms with Crippen molar-refractivity contribution in [3.63, 3.8) is 0 Å². The monoisotopic (exact) mass is 434 g/mol. The lowest BCUT2D eigenvalue weighted by atomic mass is 10.0. The number of ether oxygens (including phenoxy) is 1. The fraction of sp³-hybridized carbons (Fsp3) is 0.421. The van der Waals surface area contributed by atoms with E-state index in [9.17, 15) is 13.2 Å². The number of carbonyl (C=O) groups is 1. The van der Waals surface area contributed by atoms with Gasteiger partial charge in [-0.25, -0.2) is 18.1 Å². The molecule has 1 saturated heterocycles. The van der Waals surface area contributed by atoms with Gasteiger partial charge in [-0.3, -0.25) is 4.79 Å². The second kappa shape index (κ2) is 8.90. The van der Waals surface area contributed by atoms with Crippen LogP contribution in [0.25, 0.3) is 0 Å². The van der Waals surface area contributed by atoms with Gasteiger partial charge < -0.3 is 9.64 Å². The minimum atomic E-state index is -3.68. The van der Waals surface area contributed by atoms with Crippen molar-refractivity contribution < 1.29 is 17.9 Å². The molecule has 2 heterocycles. The Morgan fingerprint density at radius 2 is 2.14 bits per heavy atom. The molecule has 0 spiro atoms. The molecule has 154 valence electrons. The fourth-order valence-corrected chi connectivity index (χ4v) is 4.51. The molecule has 1 aliphatic heterocycles. The highest BCUT2D eigenvalue weighted by atomic mass is 32.2. The number of nitrogens with one attached hydrogen (secondary N) is 1. The van der Waals surface area contributed by atoms with Gasteiger partial charge in [0.1, 0.15) is 5.69 Å². The van der Waals surface area contributed by atoms with Crippen molar-refractivity contribution in [3.05, 3.63) is 40.4 Å². The predicted octanol–water partition coefficient (Wildman–Crippen LogP) is 2.58. The normalized spacial score (nSPS) is 16.8. The van der Waals surface area contributed by atoms with Gasteiger partial charge in [0, 0.05) is 29.6 Å². The molecule has 1 amide bonds. The molecule has 1 atom stereocenters. The number of aromatic nitrogens is 1. The molecule has 1 aromatic carbocycles. The minimum absolute atomic E-state index is 0.0916. The van der Waals surface area contributed by atoms with Gasteiger partial charge in [-0.15, -0.1) is 11.3 Å². The summed E-state index contributed by atoms with van der Waals surface area (Å²) < 4.78 is 30.4. The number of nitrogens with zero attached hydrogens (tertiary/aromatic N) is 3. The fourth-order valence-electron chi connectivity index (χ4n) is 3.14. The standard InChI is InChI=1S/C19H22N4O4S2/c1-13-17(18(24)22-29(2,25)26)21-19(28-13)23(11-15-4-3-9-27-12-15)16-7-5-14(10-20)6-8-16/h5-8,15H,3-4,9,11-12H2,1-2H3,(H,22,24). The first-order valence-electron chi connectivity index (χ1n) is 9.12. The second-order valence-corrected chi connectivity index (χ2v) is 9.89. The Hall–Kier alpha value is -2.48. The summed E-state index contributed by atoms with van der Waals surface area (Å²) in [5.74, 6) is -0.440. The van der Waals surface area contributed by atoms with E-state index in [2.05, 4.69) is 11.1 Å². The van der Waals surface area contributed by atoms with Crippen LogP contribution in [-0.2, 0) is 14.8 Å². The van der Waals surface area contributed by atoms with Crippen molar-refractivity contribution in [1.82, 2.24) is 9.71 Å². The van der Waals surface area contributed by atoms with Gasteiger partial charge in [0.25, 0.3) is 5.91 Å². The predicted molar refractivity (Wildman–Crippen MR) is 111 cm³/mol. The first-order valence-corrected chi connectivity index (χ1v) is 11.8. The zero-order valence-corrected chi connectivity index (χ0v) is 17.8.